The molecule has 0 aliphatic rings. The van der Waals surface area contributed by atoms with Gasteiger partial charge in [0.25, 0.3) is 0 Å². The van der Waals surface area contributed by atoms with Gasteiger partial charge in [-0.05, 0) is 36.8 Å². The van der Waals surface area contributed by atoms with E-state index >= 15 is 0 Å². The van der Waals surface area contributed by atoms with E-state index in [9.17, 15) is 0 Å². The lowest BCUT2D eigenvalue weighted by atomic mass is 9.92. The molecule has 0 bridgehead atoms. The van der Waals surface area contributed by atoms with E-state index in [4.69, 9.17) is 4.98 Å². The summed E-state index contributed by atoms with van der Waals surface area (Å²) in [6.07, 6.45) is 12.9. The van der Waals surface area contributed by atoms with Gasteiger partial charge in [-0.15, -0.1) is 0 Å². The molecule has 0 aromatic carbocycles. The third-order valence-electron chi connectivity index (χ3n) is 4.95. The predicted octanol–water partition coefficient (Wildman–Crippen LogP) is 6.60. The van der Waals surface area contributed by atoms with Crippen LogP contribution in [-0.2, 0) is 12.8 Å². The molecule has 0 fully saturated rings. The molecule has 1 aromatic rings. The van der Waals surface area contributed by atoms with Crippen LogP contribution in [0.25, 0.3) is 0 Å². The molecule has 2 atom stereocenters. The topological polar surface area (TPSA) is 12.9 Å². The van der Waals surface area contributed by atoms with E-state index in [1.165, 1.54) is 62.8 Å². The number of nitrogens with zero attached hydrogens (tertiary/aromatic N) is 1. The zero-order valence-corrected chi connectivity index (χ0v) is 15.4. The summed E-state index contributed by atoms with van der Waals surface area (Å²) in [7, 11) is 0. The van der Waals surface area contributed by atoms with E-state index in [-0.39, 0.29) is 0 Å². The van der Waals surface area contributed by atoms with Gasteiger partial charge in [0.15, 0.2) is 0 Å². The molecule has 1 nitrogen and oxygen atoms in total. The second kappa shape index (κ2) is 11.7. The minimum atomic E-state index is 0.810. The Morgan fingerprint density at radius 3 is 1.59 bits per heavy atom. The van der Waals surface area contributed by atoms with E-state index in [1.807, 2.05) is 0 Å². The number of pyridine rings is 1. The Labute approximate surface area is 138 Å². The highest BCUT2D eigenvalue weighted by Gasteiger charge is 2.11. The zero-order valence-electron chi connectivity index (χ0n) is 15.4. The van der Waals surface area contributed by atoms with E-state index in [1.54, 1.807) is 0 Å². The fourth-order valence-electron chi connectivity index (χ4n) is 3.23. The van der Waals surface area contributed by atoms with Crippen LogP contribution >= 0.6 is 0 Å². The molecule has 0 aliphatic heterocycles. The summed E-state index contributed by atoms with van der Waals surface area (Å²) < 4.78 is 0. The third kappa shape index (κ3) is 7.42. The molecule has 0 N–H and O–H groups in total. The molecule has 0 aliphatic carbocycles. The molecule has 2 unspecified atom stereocenters. The molecule has 1 heterocycles. The Morgan fingerprint density at radius 1 is 0.773 bits per heavy atom. The van der Waals surface area contributed by atoms with Crippen molar-refractivity contribution in [2.45, 2.75) is 91.9 Å². The van der Waals surface area contributed by atoms with Crippen molar-refractivity contribution in [2.24, 2.45) is 11.8 Å². The molecule has 1 rings (SSSR count). The maximum Gasteiger partial charge on any atom is 0.0409 e. The molecule has 0 spiro atoms. The average Bonchev–Trinajstić information content (AvgIpc) is 2.55. The first-order valence-electron chi connectivity index (χ1n) is 9.68. The molecular formula is C21H37N. The van der Waals surface area contributed by atoms with Crippen LogP contribution in [0, 0.1) is 11.8 Å². The van der Waals surface area contributed by atoms with Crippen molar-refractivity contribution >= 4 is 0 Å². The molecule has 1 heteroatoms. The fraction of sp³-hybridized carbons (Fsp3) is 0.762. The van der Waals surface area contributed by atoms with Gasteiger partial charge in [0, 0.05) is 11.4 Å². The van der Waals surface area contributed by atoms with E-state index < -0.39 is 0 Å². The summed E-state index contributed by atoms with van der Waals surface area (Å²) in [6.45, 7) is 9.21. The summed E-state index contributed by atoms with van der Waals surface area (Å²) in [4.78, 5) is 4.96. The Bertz CT molecular complexity index is 352. The van der Waals surface area contributed by atoms with Gasteiger partial charge < -0.3 is 0 Å². The Balaban J connectivity index is 2.60. The molecule has 126 valence electrons. The van der Waals surface area contributed by atoms with Crippen molar-refractivity contribution in [1.29, 1.82) is 0 Å². The summed E-state index contributed by atoms with van der Waals surface area (Å²) in [6, 6.07) is 6.67. The summed E-state index contributed by atoms with van der Waals surface area (Å²) >= 11 is 0. The van der Waals surface area contributed by atoms with Crippen LogP contribution in [0.3, 0.4) is 0 Å². The van der Waals surface area contributed by atoms with Crippen molar-refractivity contribution < 1.29 is 0 Å². The van der Waals surface area contributed by atoms with Crippen molar-refractivity contribution in [1.82, 2.24) is 4.98 Å². The maximum absolute atomic E-state index is 4.96. The predicted molar refractivity (Wildman–Crippen MR) is 98.3 cm³/mol. The van der Waals surface area contributed by atoms with Gasteiger partial charge in [-0.1, -0.05) is 85.1 Å². The van der Waals surface area contributed by atoms with Crippen LogP contribution in [0.2, 0.25) is 0 Å². The lowest BCUT2D eigenvalue weighted by Crippen LogP contribution is -2.09. The van der Waals surface area contributed by atoms with Crippen molar-refractivity contribution in [3.8, 4) is 0 Å². The number of rotatable bonds is 12. The van der Waals surface area contributed by atoms with Crippen molar-refractivity contribution in [3.63, 3.8) is 0 Å². The molecule has 1 aromatic heterocycles. The Hall–Kier alpha value is -0.850. The van der Waals surface area contributed by atoms with Gasteiger partial charge in [0.05, 0.1) is 0 Å². The minimum absolute atomic E-state index is 0.810. The Kier molecular flexibility index (Phi) is 10.2. The maximum atomic E-state index is 4.96. The van der Waals surface area contributed by atoms with Gasteiger partial charge in [0.1, 0.15) is 0 Å². The van der Waals surface area contributed by atoms with Crippen LogP contribution in [-0.4, -0.2) is 4.98 Å². The summed E-state index contributed by atoms with van der Waals surface area (Å²) in [5.41, 5.74) is 2.62. The third-order valence-corrected chi connectivity index (χ3v) is 4.95. The second-order valence-corrected chi connectivity index (χ2v) is 6.86. The van der Waals surface area contributed by atoms with Crippen LogP contribution in [0.5, 0.6) is 0 Å². The second-order valence-electron chi connectivity index (χ2n) is 6.86. The number of aromatic nitrogens is 1. The monoisotopic (exact) mass is 303 g/mol. The molecule has 0 saturated heterocycles. The first-order valence-corrected chi connectivity index (χ1v) is 9.68. The lowest BCUT2D eigenvalue weighted by molar-refractivity contribution is 0.436. The van der Waals surface area contributed by atoms with Gasteiger partial charge in [0.2, 0.25) is 0 Å². The molecule has 0 saturated carbocycles. The van der Waals surface area contributed by atoms with Crippen molar-refractivity contribution in [3.05, 3.63) is 29.6 Å². The molecule has 0 radical (unpaired) electrons. The highest BCUT2D eigenvalue weighted by atomic mass is 14.7. The SMILES string of the molecule is CCCCC(CC)Cc1cccc(CC(CC)CCCC)n1. The normalized spacial score (nSPS) is 14.0. The summed E-state index contributed by atoms with van der Waals surface area (Å²) in [5.74, 6) is 1.62. The quantitative estimate of drug-likeness (QED) is 0.424. The van der Waals surface area contributed by atoms with Gasteiger partial charge in [-0.25, -0.2) is 0 Å². The molecule has 0 amide bonds. The number of hydrogen-bond donors (Lipinski definition) is 0. The minimum Gasteiger partial charge on any atom is -0.258 e. The van der Waals surface area contributed by atoms with E-state index in [0.717, 1.165) is 24.7 Å². The largest absolute Gasteiger partial charge is 0.258 e. The first-order chi connectivity index (χ1) is 10.7. The fourth-order valence-corrected chi connectivity index (χ4v) is 3.23. The van der Waals surface area contributed by atoms with Crippen molar-refractivity contribution in [2.75, 3.05) is 0 Å². The van der Waals surface area contributed by atoms with E-state index in [0.29, 0.717) is 0 Å². The van der Waals surface area contributed by atoms with Crippen LogP contribution in [0.4, 0.5) is 0 Å². The number of hydrogen-bond acceptors (Lipinski definition) is 1. The Morgan fingerprint density at radius 2 is 1.23 bits per heavy atom. The van der Waals surface area contributed by atoms with E-state index in [2.05, 4.69) is 45.9 Å². The highest BCUT2D eigenvalue weighted by molar-refractivity contribution is 5.12. The van der Waals surface area contributed by atoms with Gasteiger partial charge >= 0.3 is 0 Å². The molecular weight excluding hydrogens is 266 g/mol. The first kappa shape index (κ1) is 19.2. The smallest absolute Gasteiger partial charge is 0.0409 e. The lowest BCUT2D eigenvalue weighted by Gasteiger charge is -2.16. The zero-order chi connectivity index (χ0) is 16.2. The summed E-state index contributed by atoms with van der Waals surface area (Å²) in [5, 5.41) is 0. The van der Waals surface area contributed by atoms with Crippen LogP contribution in [0.15, 0.2) is 18.2 Å². The average molecular weight is 304 g/mol. The number of unbranched alkanes of at least 4 members (excludes halogenated alkanes) is 2. The van der Waals surface area contributed by atoms with Crippen LogP contribution < -0.4 is 0 Å². The highest BCUT2D eigenvalue weighted by Crippen LogP contribution is 2.20. The molecule has 22 heavy (non-hydrogen) atoms. The van der Waals surface area contributed by atoms with Gasteiger partial charge in [-0.3, -0.25) is 4.98 Å². The van der Waals surface area contributed by atoms with Gasteiger partial charge in [-0.2, -0.15) is 0 Å². The van der Waals surface area contributed by atoms with Crippen LogP contribution in [0.1, 0.15) is 90.4 Å². The standard InChI is InChI=1S/C21H37N/c1-5-9-12-18(7-3)16-20-14-11-15-21(22-20)17-19(8-4)13-10-6-2/h11,14-15,18-19H,5-10,12-13,16-17H2,1-4H3.